The first-order valence-corrected chi connectivity index (χ1v) is 11.6. The van der Waals surface area contributed by atoms with Crippen LogP contribution >= 0.6 is 15.9 Å². The molecule has 1 saturated heterocycles. The molecule has 0 aromatic carbocycles. The summed E-state index contributed by atoms with van der Waals surface area (Å²) in [6.07, 6.45) is 6.38. The Morgan fingerprint density at radius 3 is 2.79 bits per heavy atom. The van der Waals surface area contributed by atoms with E-state index < -0.39 is 6.09 Å². The number of methoxy groups -OCH3 is 1. The summed E-state index contributed by atoms with van der Waals surface area (Å²) in [5.41, 5.74) is 0. The zero-order valence-corrected chi connectivity index (χ0v) is 20.0. The number of ether oxygens (including phenoxy) is 2. The molecular weight excluding hydrogens is 436 g/mol. The van der Waals surface area contributed by atoms with Gasteiger partial charge in [0.05, 0.1) is 25.4 Å². The van der Waals surface area contributed by atoms with E-state index in [-0.39, 0.29) is 24.2 Å². The third kappa shape index (κ3) is 6.69. The maximum Gasteiger partial charge on any atom is 0.407 e. The molecule has 2 N–H and O–H groups in total. The summed E-state index contributed by atoms with van der Waals surface area (Å²) < 4.78 is 12.3. The lowest BCUT2D eigenvalue weighted by Crippen LogP contribution is -2.56. The number of rotatable bonds is 11. The molecule has 1 fully saturated rings. The average molecular weight is 473 g/mol. The lowest BCUT2D eigenvalue weighted by atomic mass is 9.96. The number of unbranched alkanes of at least 4 members (excludes halogenated alkanes) is 2. The number of carbonyl (C=O) groups is 1. The Bertz CT molecular complexity index is 627. The van der Waals surface area contributed by atoms with Gasteiger partial charge in [0.2, 0.25) is 0 Å². The topological polar surface area (TPSA) is 79.5 Å². The number of carbonyl (C=O) groups excluding carboxylic acids is 1. The predicted octanol–water partition coefficient (Wildman–Crippen LogP) is 4.86. The molecule has 1 aromatic rings. The van der Waals surface area contributed by atoms with E-state index in [2.05, 4.69) is 63.8 Å². The molecule has 0 spiro atoms. The largest absolute Gasteiger partial charge is 0.453 e. The highest BCUT2D eigenvalue weighted by Gasteiger charge is 2.42. The summed E-state index contributed by atoms with van der Waals surface area (Å²) in [6.45, 7) is 10.3. The van der Waals surface area contributed by atoms with Crippen molar-refractivity contribution in [2.24, 2.45) is 11.8 Å². The van der Waals surface area contributed by atoms with Crippen molar-refractivity contribution in [2.75, 3.05) is 20.3 Å². The van der Waals surface area contributed by atoms with Crippen LogP contribution in [0.1, 0.15) is 71.7 Å². The van der Waals surface area contributed by atoms with E-state index in [1.807, 2.05) is 0 Å². The molecule has 0 saturated carbocycles. The SMILES string of the molecule is CCCCCOC([C@@H](NC(=O)OC)[C@@H](C)CC)N1C[C@@H](C)C[C@H]1c1ncc(Br)[nH]1. The first-order chi connectivity index (χ1) is 13.9. The number of halogens is 1. The van der Waals surface area contributed by atoms with E-state index in [0.29, 0.717) is 12.5 Å². The molecule has 0 aliphatic carbocycles. The first-order valence-electron chi connectivity index (χ1n) is 10.8. The van der Waals surface area contributed by atoms with Crippen LogP contribution in [0.2, 0.25) is 0 Å². The molecule has 1 aromatic heterocycles. The molecule has 7 nitrogen and oxygen atoms in total. The van der Waals surface area contributed by atoms with Crippen molar-refractivity contribution in [3.63, 3.8) is 0 Å². The van der Waals surface area contributed by atoms with Crippen LogP contribution in [0, 0.1) is 11.8 Å². The molecule has 8 heteroatoms. The van der Waals surface area contributed by atoms with Gasteiger partial charge < -0.3 is 19.8 Å². The van der Waals surface area contributed by atoms with Crippen molar-refractivity contribution in [2.45, 2.75) is 78.1 Å². The molecule has 1 aliphatic rings. The molecule has 29 heavy (non-hydrogen) atoms. The molecule has 166 valence electrons. The number of hydrogen-bond donors (Lipinski definition) is 2. The second-order valence-corrected chi connectivity index (χ2v) is 9.04. The van der Waals surface area contributed by atoms with Crippen molar-refractivity contribution < 1.29 is 14.3 Å². The van der Waals surface area contributed by atoms with Crippen LogP contribution in [-0.2, 0) is 9.47 Å². The average Bonchev–Trinajstić information content (AvgIpc) is 3.31. The molecule has 1 unspecified atom stereocenters. The first kappa shape index (κ1) is 24.2. The number of imidazole rings is 1. The minimum absolute atomic E-state index is 0.124. The molecule has 5 atom stereocenters. The third-order valence-corrected chi connectivity index (χ3v) is 6.23. The highest BCUT2D eigenvalue weighted by molar-refractivity contribution is 9.10. The monoisotopic (exact) mass is 472 g/mol. The maximum absolute atomic E-state index is 12.1. The number of hydrogen-bond acceptors (Lipinski definition) is 5. The van der Waals surface area contributed by atoms with E-state index in [4.69, 9.17) is 9.47 Å². The van der Waals surface area contributed by atoms with Crippen molar-refractivity contribution in [3.05, 3.63) is 16.6 Å². The number of nitrogens with one attached hydrogen (secondary N) is 2. The van der Waals surface area contributed by atoms with Crippen LogP contribution in [0.5, 0.6) is 0 Å². The van der Waals surface area contributed by atoms with E-state index in [1.54, 1.807) is 6.20 Å². The Hall–Kier alpha value is -1.12. The maximum atomic E-state index is 12.1. The van der Waals surface area contributed by atoms with Gasteiger partial charge in [0.25, 0.3) is 0 Å². The van der Waals surface area contributed by atoms with Crippen LogP contribution < -0.4 is 5.32 Å². The minimum atomic E-state index is -0.415. The number of aromatic amines is 1. The van der Waals surface area contributed by atoms with Gasteiger partial charge in [-0.2, -0.15) is 0 Å². The van der Waals surface area contributed by atoms with Gasteiger partial charge in [-0.15, -0.1) is 0 Å². The summed E-state index contributed by atoms with van der Waals surface area (Å²) in [6, 6.07) is -0.0428. The van der Waals surface area contributed by atoms with Crippen molar-refractivity contribution in [1.29, 1.82) is 0 Å². The zero-order valence-electron chi connectivity index (χ0n) is 18.4. The van der Waals surface area contributed by atoms with Crippen molar-refractivity contribution in [1.82, 2.24) is 20.2 Å². The van der Waals surface area contributed by atoms with Crippen LogP contribution in [-0.4, -0.2) is 53.5 Å². The van der Waals surface area contributed by atoms with Gasteiger partial charge in [-0.05, 0) is 40.6 Å². The molecule has 2 heterocycles. The predicted molar refractivity (Wildman–Crippen MR) is 118 cm³/mol. The van der Waals surface area contributed by atoms with Gasteiger partial charge in [0.1, 0.15) is 16.7 Å². The Morgan fingerprint density at radius 2 is 2.21 bits per heavy atom. The van der Waals surface area contributed by atoms with E-state index in [0.717, 1.165) is 49.1 Å². The van der Waals surface area contributed by atoms with Gasteiger partial charge in [0.15, 0.2) is 0 Å². The fourth-order valence-electron chi connectivity index (χ4n) is 4.02. The van der Waals surface area contributed by atoms with Crippen LogP contribution in [0.4, 0.5) is 4.79 Å². The Labute approximate surface area is 183 Å². The van der Waals surface area contributed by atoms with Gasteiger partial charge in [-0.3, -0.25) is 4.90 Å². The lowest BCUT2D eigenvalue weighted by Gasteiger charge is -2.39. The number of aromatic nitrogens is 2. The molecule has 0 bridgehead atoms. The summed E-state index contributed by atoms with van der Waals surface area (Å²) >= 11 is 3.47. The van der Waals surface area contributed by atoms with E-state index >= 15 is 0 Å². The highest BCUT2D eigenvalue weighted by Crippen LogP contribution is 2.38. The molecule has 1 amide bonds. The Morgan fingerprint density at radius 1 is 1.45 bits per heavy atom. The number of amides is 1. The Balaban J connectivity index is 2.31. The summed E-state index contributed by atoms with van der Waals surface area (Å²) in [5, 5.41) is 3.06. The number of nitrogens with zero attached hydrogens (tertiary/aromatic N) is 2. The fourth-order valence-corrected chi connectivity index (χ4v) is 4.32. The standard InChI is InChI=1S/C21H37BrN4O3/c1-6-8-9-10-29-20(18(15(4)7-2)25-21(27)28-5)26-13-14(3)11-16(26)19-23-12-17(22)24-19/h12,14-16,18,20H,6-11,13H2,1-5H3,(H,23,24)(H,25,27)/t14-,15-,16-,18-,20?/m0/s1. The van der Waals surface area contributed by atoms with E-state index in [9.17, 15) is 4.79 Å². The number of alkyl carbamates (subject to hydrolysis) is 1. The van der Waals surface area contributed by atoms with Crippen molar-refractivity contribution in [3.8, 4) is 0 Å². The normalized spacial score (nSPS) is 23.0. The van der Waals surface area contributed by atoms with Crippen LogP contribution in [0.25, 0.3) is 0 Å². The van der Waals surface area contributed by atoms with Crippen LogP contribution in [0.3, 0.4) is 0 Å². The quantitative estimate of drug-likeness (QED) is 0.449. The van der Waals surface area contributed by atoms with Gasteiger partial charge in [-0.25, -0.2) is 9.78 Å². The van der Waals surface area contributed by atoms with Crippen molar-refractivity contribution >= 4 is 22.0 Å². The summed E-state index contributed by atoms with van der Waals surface area (Å²) in [7, 11) is 1.40. The number of H-pyrrole nitrogens is 1. The number of likely N-dealkylation sites (tertiary alicyclic amines) is 1. The third-order valence-electron chi connectivity index (χ3n) is 5.83. The zero-order chi connectivity index (χ0) is 21.4. The van der Waals surface area contributed by atoms with E-state index in [1.165, 1.54) is 7.11 Å². The van der Waals surface area contributed by atoms with Gasteiger partial charge in [0, 0.05) is 13.2 Å². The van der Waals surface area contributed by atoms with Crippen LogP contribution in [0.15, 0.2) is 10.8 Å². The molecule has 0 radical (unpaired) electrons. The summed E-state index contributed by atoms with van der Waals surface area (Å²) in [4.78, 5) is 22.4. The van der Waals surface area contributed by atoms with Gasteiger partial charge in [-0.1, -0.05) is 47.0 Å². The molecule has 2 rings (SSSR count). The van der Waals surface area contributed by atoms with Gasteiger partial charge >= 0.3 is 6.09 Å². The molecule has 1 aliphatic heterocycles. The lowest BCUT2D eigenvalue weighted by molar-refractivity contribution is -0.0984. The minimum Gasteiger partial charge on any atom is -0.453 e. The summed E-state index contributed by atoms with van der Waals surface area (Å²) in [5.74, 6) is 1.69. The second-order valence-electron chi connectivity index (χ2n) is 8.19. The second kappa shape index (κ2) is 11.9. The highest BCUT2D eigenvalue weighted by atomic mass is 79.9. The molecular formula is C21H37BrN4O3. The Kier molecular flexibility index (Phi) is 9.92. The smallest absolute Gasteiger partial charge is 0.407 e. The fraction of sp³-hybridized carbons (Fsp3) is 0.810.